The molecule has 0 fully saturated rings. The summed E-state index contributed by atoms with van der Waals surface area (Å²) in [5.74, 6) is 0. The van der Waals surface area contributed by atoms with E-state index >= 15 is 0 Å². The fourth-order valence-electron chi connectivity index (χ4n) is 1.54. The smallest absolute Gasteiger partial charge is 0.0344 e. The number of hydrogen-bond acceptors (Lipinski definition) is 2. The van der Waals surface area contributed by atoms with Gasteiger partial charge in [0.15, 0.2) is 0 Å². The minimum Gasteiger partial charge on any atom is -0.383 e. The Bertz CT molecular complexity index is 294. The highest BCUT2D eigenvalue weighted by Gasteiger charge is 2.02. The van der Waals surface area contributed by atoms with Crippen molar-refractivity contribution in [3.05, 3.63) is 29.8 Å². The summed E-state index contributed by atoms with van der Waals surface area (Å²) in [5.41, 5.74) is 2.53. The minimum atomic E-state index is 0.522. The number of rotatable bonds is 5. The molecule has 84 valence electrons. The van der Waals surface area contributed by atoms with E-state index in [0.29, 0.717) is 6.04 Å². The van der Waals surface area contributed by atoms with Crippen molar-refractivity contribution in [3.8, 4) is 0 Å². The summed E-state index contributed by atoms with van der Waals surface area (Å²) in [6.45, 7) is 5.47. The molecule has 0 aromatic heterocycles. The first-order valence-corrected chi connectivity index (χ1v) is 5.56. The van der Waals surface area contributed by atoms with Gasteiger partial charge in [-0.3, -0.25) is 0 Å². The predicted molar refractivity (Wildman–Crippen MR) is 67.4 cm³/mol. The molecule has 1 atom stereocenters. The Labute approximate surface area is 93.3 Å². The Morgan fingerprint density at radius 2 is 2.07 bits per heavy atom. The molecule has 0 aliphatic heterocycles. The first-order chi connectivity index (χ1) is 7.08. The third-order valence-electron chi connectivity index (χ3n) is 2.44. The first-order valence-electron chi connectivity index (χ1n) is 5.56. The topological polar surface area (TPSA) is 15.3 Å². The molecule has 2 heteroatoms. The summed E-state index contributed by atoms with van der Waals surface area (Å²) in [4.78, 5) is 2.22. The summed E-state index contributed by atoms with van der Waals surface area (Å²) in [7, 11) is 4.22. The SMILES string of the molecule is Cc1cccc(NC(C)CCN(C)C)c1. The summed E-state index contributed by atoms with van der Waals surface area (Å²) in [6.07, 6.45) is 1.17. The molecule has 15 heavy (non-hydrogen) atoms. The molecular formula is C13H22N2. The Kier molecular flexibility index (Phi) is 4.63. The monoisotopic (exact) mass is 206 g/mol. The average molecular weight is 206 g/mol. The molecule has 1 rings (SSSR count). The first kappa shape index (κ1) is 12.1. The Balaban J connectivity index is 2.40. The molecule has 1 aromatic rings. The van der Waals surface area contributed by atoms with Crippen molar-refractivity contribution in [3.63, 3.8) is 0 Å². The highest BCUT2D eigenvalue weighted by molar-refractivity contribution is 5.45. The number of anilines is 1. The predicted octanol–water partition coefficient (Wildman–Crippen LogP) is 2.75. The van der Waals surface area contributed by atoms with Gasteiger partial charge in [0.2, 0.25) is 0 Å². The lowest BCUT2D eigenvalue weighted by molar-refractivity contribution is 0.390. The van der Waals surface area contributed by atoms with E-state index in [9.17, 15) is 0 Å². The number of hydrogen-bond donors (Lipinski definition) is 1. The van der Waals surface area contributed by atoms with E-state index in [1.165, 1.54) is 17.7 Å². The van der Waals surface area contributed by atoms with Gasteiger partial charge in [-0.25, -0.2) is 0 Å². The van der Waals surface area contributed by atoms with Crippen LogP contribution < -0.4 is 5.32 Å². The maximum Gasteiger partial charge on any atom is 0.0344 e. The van der Waals surface area contributed by atoms with Gasteiger partial charge in [0.25, 0.3) is 0 Å². The van der Waals surface area contributed by atoms with E-state index in [4.69, 9.17) is 0 Å². The van der Waals surface area contributed by atoms with E-state index in [-0.39, 0.29) is 0 Å². The second-order valence-electron chi connectivity index (χ2n) is 4.51. The van der Waals surface area contributed by atoms with Crippen LogP contribution in [0.2, 0.25) is 0 Å². The van der Waals surface area contributed by atoms with Gasteiger partial charge in [0.1, 0.15) is 0 Å². The second kappa shape index (κ2) is 5.76. The fourth-order valence-corrected chi connectivity index (χ4v) is 1.54. The number of nitrogens with one attached hydrogen (secondary N) is 1. The maximum atomic E-state index is 3.51. The van der Waals surface area contributed by atoms with Gasteiger partial charge in [-0.2, -0.15) is 0 Å². The van der Waals surface area contributed by atoms with E-state index in [0.717, 1.165) is 6.54 Å². The van der Waals surface area contributed by atoms with E-state index in [2.05, 4.69) is 62.4 Å². The van der Waals surface area contributed by atoms with Crippen LogP contribution in [0.25, 0.3) is 0 Å². The molecule has 0 saturated heterocycles. The van der Waals surface area contributed by atoms with Gasteiger partial charge in [0.05, 0.1) is 0 Å². The van der Waals surface area contributed by atoms with Gasteiger partial charge in [-0.1, -0.05) is 12.1 Å². The minimum absolute atomic E-state index is 0.522. The fraction of sp³-hybridized carbons (Fsp3) is 0.538. The molecule has 0 saturated carbocycles. The largest absolute Gasteiger partial charge is 0.383 e. The molecule has 0 amide bonds. The Hall–Kier alpha value is -1.02. The van der Waals surface area contributed by atoms with Crippen LogP contribution in [0, 0.1) is 6.92 Å². The molecule has 1 N–H and O–H groups in total. The van der Waals surface area contributed by atoms with Gasteiger partial charge in [-0.15, -0.1) is 0 Å². The second-order valence-corrected chi connectivity index (χ2v) is 4.51. The quantitative estimate of drug-likeness (QED) is 0.797. The van der Waals surface area contributed by atoms with E-state index < -0.39 is 0 Å². The van der Waals surface area contributed by atoms with Crippen LogP contribution in [0.4, 0.5) is 5.69 Å². The Morgan fingerprint density at radius 1 is 1.33 bits per heavy atom. The van der Waals surface area contributed by atoms with Crippen molar-refractivity contribution >= 4 is 5.69 Å². The summed E-state index contributed by atoms with van der Waals surface area (Å²) < 4.78 is 0. The van der Waals surface area contributed by atoms with Crippen molar-refractivity contribution in [2.24, 2.45) is 0 Å². The van der Waals surface area contributed by atoms with Crippen molar-refractivity contribution in [1.29, 1.82) is 0 Å². The Morgan fingerprint density at radius 3 is 2.67 bits per heavy atom. The lowest BCUT2D eigenvalue weighted by Crippen LogP contribution is -2.22. The van der Waals surface area contributed by atoms with Crippen LogP contribution in [0.15, 0.2) is 24.3 Å². The van der Waals surface area contributed by atoms with Crippen LogP contribution in [0.3, 0.4) is 0 Å². The molecule has 0 aliphatic rings. The average Bonchev–Trinajstić information content (AvgIpc) is 2.15. The molecule has 0 aliphatic carbocycles. The van der Waals surface area contributed by atoms with Crippen molar-refractivity contribution < 1.29 is 0 Å². The molecule has 1 unspecified atom stereocenters. The molecule has 0 bridgehead atoms. The van der Waals surface area contributed by atoms with Gasteiger partial charge in [0, 0.05) is 11.7 Å². The third kappa shape index (κ3) is 4.84. The van der Waals surface area contributed by atoms with Gasteiger partial charge >= 0.3 is 0 Å². The molecule has 0 heterocycles. The number of nitrogens with zero attached hydrogens (tertiary/aromatic N) is 1. The van der Waals surface area contributed by atoms with Crippen molar-refractivity contribution in [2.75, 3.05) is 26.0 Å². The third-order valence-corrected chi connectivity index (χ3v) is 2.44. The van der Waals surface area contributed by atoms with Crippen LogP contribution in [0.5, 0.6) is 0 Å². The molecule has 0 spiro atoms. The van der Waals surface area contributed by atoms with Crippen LogP contribution in [-0.2, 0) is 0 Å². The van der Waals surface area contributed by atoms with E-state index in [1.807, 2.05) is 0 Å². The standard InChI is InChI=1S/C13H22N2/c1-11-6-5-7-13(10-11)14-12(2)8-9-15(3)4/h5-7,10,12,14H,8-9H2,1-4H3. The zero-order valence-corrected chi connectivity index (χ0v) is 10.2. The zero-order valence-electron chi connectivity index (χ0n) is 10.2. The van der Waals surface area contributed by atoms with Crippen LogP contribution >= 0.6 is 0 Å². The van der Waals surface area contributed by atoms with Crippen molar-refractivity contribution in [2.45, 2.75) is 26.3 Å². The van der Waals surface area contributed by atoms with Gasteiger partial charge < -0.3 is 10.2 Å². The summed E-state index contributed by atoms with van der Waals surface area (Å²) >= 11 is 0. The lowest BCUT2D eigenvalue weighted by atomic mass is 10.2. The lowest BCUT2D eigenvalue weighted by Gasteiger charge is -2.18. The van der Waals surface area contributed by atoms with Crippen molar-refractivity contribution in [1.82, 2.24) is 4.90 Å². The number of benzene rings is 1. The molecule has 0 radical (unpaired) electrons. The number of aryl methyl sites for hydroxylation is 1. The highest BCUT2D eigenvalue weighted by atomic mass is 15.1. The molecule has 2 nitrogen and oxygen atoms in total. The molecular weight excluding hydrogens is 184 g/mol. The molecule has 1 aromatic carbocycles. The van der Waals surface area contributed by atoms with Gasteiger partial charge in [-0.05, 0) is 58.6 Å². The maximum absolute atomic E-state index is 3.51. The highest BCUT2D eigenvalue weighted by Crippen LogP contribution is 2.11. The normalized spacial score (nSPS) is 12.9. The van der Waals surface area contributed by atoms with Crippen LogP contribution in [0.1, 0.15) is 18.9 Å². The van der Waals surface area contributed by atoms with E-state index in [1.54, 1.807) is 0 Å². The summed E-state index contributed by atoms with van der Waals surface area (Å²) in [6, 6.07) is 9.05. The zero-order chi connectivity index (χ0) is 11.3. The summed E-state index contributed by atoms with van der Waals surface area (Å²) in [5, 5.41) is 3.51. The van der Waals surface area contributed by atoms with Crippen LogP contribution in [-0.4, -0.2) is 31.6 Å².